The van der Waals surface area contributed by atoms with E-state index in [1.54, 1.807) is 0 Å². The number of benzene rings is 1. The number of nitrogens with one attached hydrogen (secondary N) is 1. The SMILES string of the molecule is Cc1cc(C)cc(OCCC(=O)NC(CN)C2CC2)c1. The highest BCUT2D eigenvalue weighted by Gasteiger charge is 2.30. The molecule has 1 aliphatic rings. The first-order valence-corrected chi connectivity index (χ1v) is 7.29. The average Bonchev–Trinajstić information content (AvgIpc) is 3.19. The maximum atomic E-state index is 11.8. The van der Waals surface area contributed by atoms with Gasteiger partial charge in [-0.1, -0.05) is 6.07 Å². The van der Waals surface area contributed by atoms with Crippen LogP contribution in [0.1, 0.15) is 30.4 Å². The standard InChI is InChI=1S/C16H24N2O2/c1-11-7-12(2)9-14(8-11)20-6-5-16(19)18-15(10-17)13-3-4-13/h7-9,13,15H,3-6,10,17H2,1-2H3,(H,18,19). The summed E-state index contributed by atoms with van der Waals surface area (Å²) in [6, 6.07) is 6.21. The number of aryl methyl sites for hydroxylation is 2. The largest absolute Gasteiger partial charge is 0.493 e. The molecule has 0 aromatic heterocycles. The number of hydrogen-bond donors (Lipinski definition) is 2. The summed E-state index contributed by atoms with van der Waals surface area (Å²) in [5.74, 6) is 1.44. The molecule has 3 N–H and O–H groups in total. The summed E-state index contributed by atoms with van der Waals surface area (Å²) in [4.78, 5) is 11.8. The average molecular weight is 276 g/mol. The lowest BCUT2D eigenvalue weighted by Crippen LogP contribution is -2.42. The van der Waals surface area contributed by atoms with Crippen LogP contribution < -0.4 is 15.8 Å². The first-order valence-electron chi connectivity index (χ1n) is 7.29. The van der Waals surface area contributed by atoms with Crippen molar-refractivity contribution in [3.05, 3.63) is 29.3 Å². The molecule has 1 aliphatic carbocycles. The van der Waals surface area contributed by atoms with Gasteiger partial charge in [-0.25, -0.2) is 0 Å². The summed E-state index contributed by atoms with van der Waals surface area (Å²) in [5.41, 5.74) is 8.00. The van der Waals surface area contributed by atoms with Crippen LogP contribution in [0.15, 0.2) is 18.2 Å². The number of ether oxygens (including phenoxy) is 1. The summed E-state index contributed by atoms with van der Waals surface area (Å²) < 4.78 is 5.64. The third-order valence-corrected chi connectivity index (χ3v) is 3.58. The Hall–Kier alpha value is -1.55. The number of hydrogen-bond acceptors (Lipinski definition) is 3. The van der Waals surface area contributed by atoms with E-state index in [1.165, 1.54) is 24.0 Å². The number of nitrogens with two attached hydrogens (primary N) is 1. The Labute approximate surface area is 120 Å². The van der Waals surface area contributed by atoms with Gasteiger partial charge in [0, 0.05) is 12.6 Å². The molecule has 4 nitrogen and oxygen atoms in total. The number of carbonyl (C=O) groups is 1. The Kier molecular flexibility index (Phi) is 5.01. The van der Waals surface area contributed by atoms with Crippen LogP contribution in [0.25, 0.3) is 0 Å². The van der Waals surface area contributed by atoms with Crippen molar-refractivity contribution < 1.29 is 9.53 Å². The molecule has 110 valence electrons. The van der Waals surface area contributed by atoms with Crippen molar-refractivity contribution in [2.45, 2.75) is 39.2 Å². The lowest BCUT2D eigenvalue weighted by atomic mass is 10.1. The minimum atomic E-state index is 0.0247. The molecule has 1 aromatic carbocycles. The van der Waals surface area contributed by atoms with Crippen molar-refractivity contribution in [2.75, 3.05) is 13.2 Å². The molecular weight excluding hydrogens is 252 g/mol. The molecule has 0 spiro atoms. The molecule has 0 heterocycles. The van der Waals surface area contributed by atoms with Crippen LogP contribution in [-0.2, 0) is 4.79 Å². The van der Waals surface area contributed by atoms with E-state index in [-0.39, 0.29) is 11.9 Å². The topological polar surface area (TPSA) is 64.3 Å². The van der Waals surface area contributed by atoms with E-state index in [9.17, 15) is 4.79 Å². The Balaban J connectivity index is 1.73. The maximum absolute atomic E-state index is 11.8. The third-order valence-electron chi connectivity index (χ3n) is 3.58. The van der Waals surface area contributed by atoms with Crippen LogP contribution in [0.4, 0.5) is 0 Å². The van der Waals surface area contributed by atoms with Gasteiger partial charge in [-0.15, -0.1) is 0 Å². The first-order chi connectivity index (χ1) is 9.58. The van der Waals surface area contributed by atoms with Crippen LogP contribution >= 0.6 is 0 Å². The molecule has 1 amide bonds. The highest BCUT2D eigenvalue weighted by atomic mass is 16.5. The smallest absolute Gasteiger partial charge is 0.223 e. The Morgan fingerprint density at radius 2 is 2.00 bits per heavy atom. The molecule has 1 aromatic rings. The number of rotatable bonds is 7. The minimum Gasteiger partial charge on any atom is -0.493 e. The van der Waals surface area contributed by atoms with Gasteiger partial charge in [-0.3, -0.25) is 4.79 Å². The molecule has 1 saturated carbocycles. The normalized spacial score (nSPS) is 15.8. The van der Waals surface area contributed by atoms with E-state index < -0.39 is 0 Å². The van der Waals surface area contributed by atoms with Crippen molar-refractivity contribution in [2.24, 2.45) is 11.7 Å². The highest BCUT2D eigenvalue weighted by molar-refractivity contribution is 5.76. The van der Waals surface area contributed by atoms with Gasteiger partial charge in [-0.05, 0) is 55.9 Å². The van der Waals surface area contributed by atoms with E-state index in [0.717, 1.165) is 5.75 Å². The summed E-state index contributed by atoms with van der Waals surface area (Å²) in [6.45, 7) is 4.99. The van der Waals surface area contributed by atoms with Gasteiger partial charge in [-0.2, -0.15) is 0 Å². The minimum absolute atomic E-state index is 0.0247. The first kappa shape index (κ1) is 14.9. The predicted octanol–water partition coefficient (Wildman–Crippen LogP) is 1.93. The Morgan fingerprint density at radius 3 is 2.55 bits per heavy atom. The van der Waals surface area contributed by atoms with Crippen LogP contribution in [0.3, 0.4) is 0 Å². The summed E-state index contributed by atoms with van der Waals surface area (Å²) >= 11 is 0. The van der Waals surface area contributed by atoms with Crippen LogP contribution in [0.5, 0.6) is 5.75 Å². The van der Waals surface area contributed by atoms with Gasteiger partial charge < -0.3 is 15.8 Å². The molecular formula is C16H24N2O2. The Bertz CT molecular complexity index is 449. The van der Waals surface area contributed by atoms with Gasteiger partial charge in [0.25, 0.3) is 0 Å². The van der Waals surface area contributed by atoms with Crippen LogP contribution in [0, 0.1) is 19.8 Å². The van der Waals surface area contributed by atoms with E-state index in [0.29, 0.717) is 25.5 Å². The lowest BCUT2D eigenvalue weighted by molar-refractivity contribution is -0.122. The van der Waals surface area contributed by atoms with Gasteiger partial charge in [0.1, 0.15) is 5.75 Å². The highest BCUT2D eigenvalue weighted by Crippen LogP contribution is 2.32. The van der Waals surface area contributed by atoms with Crippen molar-refractivity contribution in [3.63, 3.8) is 0 Å². The van der Waals surface area contributed by atoms with Crippen molar-refractivity contribution in [1.29, 1.82) is 0 Å². The Morgan fingerprint density at radius 1 is 1.35 bits per heavy atom. The molecule has 2 rings (SSSR count). The molecule has 1 unspecified atom stereocenters. The molecule has 0 radical (unpaired) electrons. The third kappa shape index (κ3) is 4.53. The number of amides is 1. The summed E-state index contributed by atoms with van der Waals surface area (Å²) in [6.07, 6.45) is 2.73. The zero-order chi connectivity index (χ0) is 14.5. The summed E-state index contributed by atoms with van der Waals surface area (Å²) in [5, 5.41) is 2.99. The summed E-state index contributed by atoms with van der Waals surface area (Å²) in [7, 11) is 0. The van der Waals surface area contributed by atoms with Gasteiger partial charge in [0.05, 0.1) is 13.0 Å². The fraction of sp³-hybridized carbons (Fsp3) is 0.562. The van der Waals surface area contributed by atoms with E-state index in [2.05, 4.69) is 11.4 Å². The molecule has 20 heavy (non-hydrogen) atoms. The molecule has 1 atom stereocenters. The van der Waals surface area contributed by atoms with Gasteiger partial charge >= 0.3 is 0 Å². The molecule has 0 saturated heterocycles. The van der Waals surface area contributed by atoms with Crippen LogP contribution in [0.2, 0.25) is 0 Å². The predicted molar refractivity (Wildman–Crippen MR) is 79.7 cm³/mol. The molecule has 0 bridgehead atoms. The van der Waals surface area contributed by atoms with E-state index in [4.69, 9.17) is 10.5 Å². The second-order valence-electron chi connectivity index (χ2n) is 5.67. The van der Waals surface area contributed by atoms with E-state index in [1.807, 2.05) is 26.0 Å². The second-order valence-corrected chi connectivity index (χ2v) is 5.67. The maximum Gasteiger partial charge on any atom is 0.223 e. The molecule has 1 fully saturated rings. The lowest BCUT2D eigenvalue weighted by Gasteiger charge is -2.16. The van der Waals surface area contributed by atoms with Crippen molar-refractivity contribution >= 4 is 5.91 Å². The number of carbonyl (C=O) groups excluding carboxylic acids is 1. The molecule has 4 heteroatoms. The zero-order valence-electron chi connectivity index (χ0n) is 12.3. The monoisotopic (exact) mass is 276 g/mol. The van der Waals surface area contributed by atoms with Crippen molar-refractivity contribution in [1.82, 2.24) is 5.32 Å². The van der Waals surface area contributed by atoms with Crippen LogP contribution in [-0.4, -0.2) is 25.1 Å². The zero-order valence-corrected chi connectivity index (χ0v) is 12.3. The fourth-order valence-corrected chi connectivity index (χ4v) is 2.42. The fourth-order valence-electron chi connectivity index (χ4n) is 2.42. The van der Waals surface area contributed by atoms with E-state index >= 15 is 0 Å². The van der Waals surface area contributed by atoms with Gasteiger partial charge in [0.2, 0.25) is 5.91 Å². The van der Waals surface area contributed by atoms with Gasteiger partial charge in [0.15, 0.2) is 0 Å². The molecule has 0 aliphatic heterocycles. The van der Waals surface area contributed by atoms with Crippen molar-refractivity contribution in [3.8, 4) is 5.75 Å². The second kappa shape index (κ2) is 6.75. The quantitative estimate of drug-likeness (QED) is 0.799.